The van der Waals surface area contributed by atoms with Crippen molar-refractivity contribution >= 4 is 29.1 Å². The highest BCUT2D eigenvalue weighted by Gasteiger charge is 2.43. The second-order valence-corrected chi connectivity index (χ2v) is 8.20. The first kappa shape index (κ1) is 20.6. The number of anilines is 2. The number of hydrogen-bond acceptors (Lipinski definition) is 4. The summed E-state index contributed by atoms with van der Waals surface area (Å²) in [4.78, 5) is 40.7. The maximum atomic E-state index is 13.8. The number of rotatable bonds is 3. The molecule has 3 aromatic rings. The van der Waals surface area contributed by atoms with Crippen molar-refractivity contribution in [2.75, 3.05) is 10.2 Å². The highest BCUT2D eigenvalue weighted by molar-refractivity contribution is 6.36. The van der Waals surface area contributed by atoms with Crippen molar-refractivity contribution in [2.45, 2.75) is 32.7 Å². The van der Waals surface area contributed by atoms with E-state index in [1.165, 1.54) is 6.07 Å². The summed E-state index contributed by atoms with van der Waals surface area (Å²) in [7, 11) is 0. The Bertz CT molecular complexity index is 1380. The second-order valence-electron chi connectivity index (χ2n) is 8.20. The summed E-state index contributed by atoms with van der Waals surface area (Å²) in [6, 6.07) is 12.7. The smallest absolute Gasteiger partial charge is 0.274 e. The van der Waals surface area contributed by atoms with E-state index in [1.807, 2.05) is 19.1 Å². The largest absolute Gasteiger partial charge is 0.337 e. The number of fused-ring (bicyclic) bond motifs is 2. The Morgan fingerprint density at radius 3 is 2.52 bits per heavy atom. The number of halogens is 1. The zero-order valence-corrected chi connectivity index (χ0v) is 17.8. The Morgan fingerprint density at radius 1 is 1.06 bits per heavy atom. The molecule has 2 aliphatic heterocycles. The molecule has 164 valence electrons. The van der Waals surface area contributed by atoms with Crippen LogP contribution in [-0.4, -0.2) is 22.3 Å². The lowest BCUT2D eigenvalue weighted by Crippen LogP contribution is -2.32. The number of carbonyl (C=O) groups excluding carboxylic acids is 3. The zero-order chi connectivity index (χ0) is 23.3. The van der Waals surface area contributed by atoms with Crippen molar-refractivity contribution in [2.24, 2.45) is 0 Å². The number of aryl methyl sites for hydroxylation is 1. The molecular weight excluding hydrogens is 423 g/mol. The summed E-state index contributed by atoms with van der Waals surface area (Å²) in [6.07, 6.45) is 2.17. The van der Waals surface area contributed by atoms with Crippen LogP contribution in [0.2, 0.25) is 0 Å². The first-order chi connectivity index (χ1) is 15.9. The number of hydrogen-bond donors (Lipinski definition) is 1. The van der Waals surface area contributed by atoms with Gasteiger partial charge in [0.15, 0.2) is 0 Å². The van der Waals surface area contributed by atoms with Crippen LogP contribution in [0.5, 0.6) is 0 Å². The van der Waals surface area contributed by atoms with Gasteiger partial charge in [-0.15, -0.1) is 0 Å². The minimum absolute atomic E-state index is 0.0365. The molecule has 0 saturated carbocycles. The topological polar surface area (TPSA) is 95.2 Å². The van der Waals surface area contributed by atoms with E-state index in [9.17, 15) is 24.0 Å². The number of nitriles is 1. The fraction of sp³-hybridized carbons (Fsp3) is 0.200. The van der Waals surface area contributed by atoms with Crippen LogP contribution in [0.3, 0.4) is 0 Å². The van der Waals surface area contributed by atoms with Crippen LogP contribution in [0.1, 0.15) is 60.9 Å². The average Bonchev–Trinajstić information content (AvgIpc) is 3.26. The fourth-order valence-corrected chi connectivity index (χ4v) is 4.53. The van der Waals surface area contributed by atoms with Gasteiger partial charge in [-0.1, -0.05) is 17.7 Å². The molecule has 3 heterocycles. The monoisotopic (exact) mass is 442 g/mol. The molecule has 0 bridgehead atoms. The summed E-state index contributed by atoms with van der Waals surface area (Å²) in [5.74, 6) is -2.61. The van der Waals surface area contributed by atoms with Crippen LogP contribution >= 0.6 is 0 Å². The lowest BCUT2D eigenvalue weighted by molar-refractivity contribution is 0.0926. The number of carbonyl (C=O) groups is 3. The van der Waals surface area contributed by atoms with Crippen molar-refractivity contribution in [3.05, 3.63) is 81.9 Å². The molecule has 0 spiro atoms. The number of amides is 3. The molecule has 33 heavy (non-hydrogen) atoms. The molecule has 0 unspecified atom stereocenters. The highest BCUT2D eigenvalue weighted by atomic mass is 19.1. The standard InChI is InChI=1S/C25H19FN4O3/c1-14-5-8-16(9-6-14)28-23(31)22-21(19(13-27)20-4-2-3-11-29(20)22)30-24(32)17-10-7-15(26)12-18(17)25(30)33/h5-10,12H,2-4,11H2,1H3,(H,28,31). The van der Waals surface area contributed by atoms with Crippen LogP contribution in [0.4, 0.5) is 15.8 Å². The maximum absolute atomic E-state index is 13.8. The Balaban J connectivity index is 1.67. The molecule has 1 aromatic heterocycles. The minimum atomic E-state index is -0.752. The molecule has 1 N–H and O–H groups in total. The van der Waals surface area contributed by atoms with E-state index in [-0.39, 0.29) is 28.1 Å². The van der Waals surface area contributed by atoms with Crippen molar-refractivity contribution < 1.29 is 18.8 Å². The Hall–Kier alpha value is -4.25. The highest BCUT2D eigenvalue weighted by Crippen LogP contribution is 2.39. The quantitative estimate of drug-likeness (QED) is 0.615. The molecule has 0 saturated heterocycles. The summed E-state index contributed by atoms with van der Waals surface area (Å²) in [5.41, 5.74) is 2.32. The zero-order valence-electron chi connectivity index (χ0n) is 17.8. The van der Waals surface area contributed by atoms with Crippen molar-refractivity contribution in [1.82, 2.24) is 4.57 Å². The summed E-state index contributed by atoms with van der Waals surface area (Å²) < 4.78 is 15.5. The molecule has 0 radical (unpaired) electrons. The van der Waals surface area contributed by atoms with E-state index in [0.29, 0.717) is 24.3 Å². The average molecular weight is 442 g/mol. The minimum Gasteiger partial charge on any atom is -0.337 e. The molecular formula is C25H19FN4O3. The molecule has 0 atom stereocenters. The van der Waals surface area contributed by atoms with E-state index in [1.54, 1.807) is 16.7 Å². The number of benzene rings is 2. The van der Waals surface area contributed by atoms with Gasteiger partial charge in [0.05, 0.1) is 16.7 Å². The Labute approximate surface area is 189 Å². The molecule has 0 fully saturated rings. The first-order valence-electron chi connectivity index (χ1n) is 10.6. The summed E-state index contributed by atoms with van der Waals surface area (Å²) in [6.45, 7) is 2.41. The van der Waals surface area contributed by atoms with Gasteiger partial charge in [0.2, 0.25) is 0 Å². The van der Waals surface area contributed by atoms with Crippen LogP contribution in [0, 0.1) is 24.1 Å². The summed E-state index contributed by atoms with van der Waals surface area (Å²) >= 11 is 0. The van der Waals surface area contributed by atoms with E-state index in [0.717, 1.165) is 35.4 Å². The van der Waals surface area contributed by atoms with Crippen molar-refractivity contribution in [1.29, 1.82) is 5.26 Å². The van der Waals surface area contributed by atoms with Gasteiger partial charge in [-0.3, -0.25) is 14.4 Å². The van der Waals surface area contributed by atoms with Gasteiger partial charge in [0, 0.05) is 17.9 Å². The third-order valence-corrected chi connectivity index (χ3v) is 6.10. The maximum Gasteiger partial charge on any atom is 0.274 e. The molecule has 2 aromatic carbocycles. The van der Waals surface area contributed by atoms with Crippen molar-refractivity contribution in [3.8, 4) is 6.07 Å². The normalized spacial score (nSPS) is 14.6. The van der Waals surface area contributed by atoms with Crippen molar-refractivity contribution in [3.63, 3.8) is 0 Å². The van der Waals surface area contributed by atoms with Crippen LogP contribution in [0.25, 0.3) is 0 Å². The molecule has 8 heteroatoms. The van der Waals surface area contributed by atoms with Crippen LogP contribution in [-0.2, 0) is 13.0 Å². The number of aromatic nitrogens is 1. The third kappa shape index (κ3) is 3.21. The summed E-state index contributed by atoms with van der Waals surface area (Å²) in [5, 5.41) is 12.8. The van der Waals surface area contributed by atoms with Gasteiger partial charge in [-0.25, -0.2) is 9.29 Å². The van der Waals surface area contributed by atoms with Gasteiger partial charge in [0.1, 0.15) is 23.3 Å². The van der Waals surface area contributed by atoms with Gasteiger partial charge in [0.25, 0.3) is 17.7 Å². The predicted molar refractivity (Wildman–Crippen MR) is 119 cm³/mol. The van der Waals surface area contributed by atoms with Crippen LogP contribution < -0.4 is 10.2 Å². The molecule has 3 amide bonds. The van der Waals surface area contributed by atoms with Gasteiger partial charge >= 0.3 is 0 Å². The van der Waals surface area contributed by atoms with E-state index in [2.05, 4.69) is 11.4 Å². The molecule has 7 nitrogen and oxygen atoms in total. The Kier molecular flexibility index (Phi) is 4.82. The molecule has 5 rings (SSSR count). The number of imide groups is 1. The van der Waals surface area contributed by atoms with E-state index in [4.69, 9.17) is 0 Å². The lowest BCUT2D eigenvalue weighted by Gasteiger charge is -2.19. The third-order valence-electron chi connectivity index (χ3n) is 6.10. The predicted octanol–water partition coefficient (Wildman–Crippen LogP) is 4.20. The molecule has 0 aliphatic carbocycles. The molecule has 2 aliphatic rings. The number of nitrogens with one attached hydrogen (secondary N) is 1. The first-order valence-corrected chi connectivity index (χ1v) is 10.6. The second kappa shape index (κ2) is 7.71. The lowest BCUT2D eigenvalue weighted by atomic mass is 10.1. The van der Waals surface area contributed by atoms with E-state index >= 15 is 0 Å². The van der Waals surface area contributed by atoms with Gasteiger partial charge in [-0.2, -0.15) is 5.26 Å². The van der Waals surface area contributed by atoms with Gasteiger partial charge in [-0.05, 0) is 56.5 Å². The number of nitrogens with zero attached hydrogens (tertiary/aromatic N) is 3. The SMILES string of the molecule is Cc1ccc(NC(=O)c2c(N3C(=O)c4ccc(F)cc4C3=O)c(C#N)c3n2CCCC3)cc1. The van der Waals surface area contributed by atoms with Gasteiger partial charge < -0.3 is 9.88 Å². The van der Waals surface area contributed by atoms with Crippen LogP contribution in [0.15, 0.2) is 42.5 Å². The fourth-order valence-electron chi connectivity index (χ4n) is 4.53. The Morgan fingerprint density at radius 2 is 1.79 bits per heavy atom. The van der Waals surface area contributed by atoms with E-state index < -0.39 is 23.5 Å².